The van der Waals surface area contributed by atoms with Crippen LogP contribution in [0.5, 0.6) is 0 Å². The fourth-order valence-electron chi connectivity index (χ4n) is 11.3. The summed E-state index contributed by atoms with van der Waals surface area (Å²) in [7, 11) is -1.95. The lowest BCUT2D eigenvalue weighted by atomic mass is 9.40. The maximum atomic E-state index is 14.2. The molecule has 0 N–H and O–H groups in total. The summed E-state index contributed by atoms with van der Waals surface area (Å²) in [6, 6.07) is 32.9. The van der Waals surface area contributed by atoms with Gasteiger partial charge in [-0.2, -0.15) is 0 Å². The van der Waals surface area contributed by atoms with Gasteiger partial charge in [0.05, 0.1) is 18.2 Å². The zero-order valence-electron chi connectivity index (χ0n) is 27.5. The van der Waals surface area contributed by atoms with Crippen molar-refractivity contribution in [3.05, 3.63) is 91.0 Å². The summed E-state index contributed by atoms with van der Waals surface area (Å²) in [4.78, 5) is 27.3. The molecule has 0 aliphatic heterocycles. The van der Waals surface area contributed by atoms with Gasteiger partial charge < -0.3 is 4.74 Å². The second-order valence-electron chi connectivity index (χ2n) is 15.7. The zero-order chi connectivity index (χ0) is 31.3. The third kappa shape index (κ3) is 4.86. The lowest BCUT2D eigenvalue weighted by molar-refractivity contribution is -0.187. The first-order chi connectivity index (χ1) is 21.7. The maximum Gasteiger partial charge on any atom is 0.312 e. The van der Waals surface area contributed by atoms with E-state index in [-0.39, 0.29) is 22.2 Å². The lowest BCUT2D eigenvalue weighted by Gasteiger charge is -2.63. The second-order valence-corrected chi connectivity index (χ2v) is 19.3. The molecule has 1 spiro atoms. The molecule has 0 unspecified atom stereocenters. The Bertz CT molecular complexity index is 1440. The fourth-order valence-corrected chi connectivity index (χ4v) is 15.6. The Labute approximate surface area is 270 Å². The van der Waals surface area contributed by atoms with Gasteiger partial charge in [-0.25, -0.2) is 0 Å². The second kappa shape index (κ2) is 11.5. The van der Waals surface area contributed by atoms with E-state index in [1.807, 2.05) is 0 Å². The number of ether oxygens (including phenoxy) is 1. The van der Waals surface area contributed by atoms with Crippen molar-refractivity contribution in [2.75, 3.05) is 12.8 Å². The number of Topliss-reactive ketones (excluding diaryl/α,β-unsaturated/α-hetero) is 1. The molecule has 4 heteroatoms. The molecule has 0 radical (unpaired) electrons. The molecule has 4 saturated carbocycles. The molecule has 3 nitrogen and oxygen atoms in total. The smallest absolute Gasteiger partial charge is 0.312 e. The minimum absolute atomic E-state index is 0.0144. The fraction of sp³-hybridized carbons (Fsp3) is 0.512. The van der Waals surface area contributed by atoms with Crippen LogP contribution in [0.15, 0.2) is 91.0 Å². The number of ketones is 1. The first-order valence-electron chi connectivity index (χ1n) is 17.4. The molecule has 4 aliphatic rings. The van der Waals surface area contributed by atoms with Gasteiger partial charge in [-0.05, 0) is 111 Å². The van der Waals surface area contributed by atoms with Crippen molar-refractivity contribution in [2.45, 2.75) is 85.0 Å². The molecule has 45 heavy (non-hydrogen) atoms. The van der Waals surface area contributed by atoms with Gasteiger partial charge in [-0.3, -0.25) is 9.59 Å². The summed E-state index contributed by atoms with van der Waals surface area (Å²) in [6.07, 6.45) is 11.1. The number of esters is 1. The number of carbonyl (C=O) groups excluding carboxylic acids is 2. The molecule has 0 heterocycles. The van der Waals surface area contributed by atoms with E-state index in [4.69, 9.17) is 4.74 Å². The van der Waals surface area contributed by atoms with Crippen molar-refractivity contribution < 1.29 is 14.3 Å². The molecule has 4 aliphatic carbocycles. The number of benzene rings is 3. The van der Waals surface area contributed by atoms with Crippen molar-refractivity contribution >= 4 is 34.9 Å². The topological polar surface area (TPSA) is 43.4 Å². The third-order valence-corrected chi connectivity index (χ3v) is 17.8. The number of carbonyl (C=O) groups is 2. The van der Waals surface area contributed by atoms with Crippen LogP contribution in [0.1, 0.15) is 85.0 Å². The quantitative estimate of drug-likeness (QED) is 0.144. The van der Waals surface area contributed by atoms with Crippen molar-refractivity contribution in [2.24, 2.45) is 33.5 Å². The third-order valence-electron chi connectivity index (χ3n) is 13.3. The van der Waals surface area contributed by atoms with Crippen molar-refractivity contribution in [1.29, 1.82) is 0 Å². The van der Waals surface area contributed by atoms with E-state index in [2.05, 4.69) is 112 Å². The molecule has 3 aromatic carbocycles. The van der Waals surface area contributed by atoms with Gasteiger partial charge >= 0.3 is 5.97 Å². The molecular formula is C41H50O3P+. The SMILES string of the molecule is C[C@@]12CC[C@@H]3[C@@](CC[C@H]4[C@@]3(C)CCC[C@@]4(C)C(=O)OCCC[P+](c3ccccc3)(c3ccccc3)c3ccccc3)(CC1=O)C2. The number of fused-ring (bicyclic) bond motifs is 3. The lowest BCUT2D eigenvalue weighted by Crippen LogP contribution is -2.58. The van der Waals surface area contributed by atoms with Crippen molar-refractivity contribution in [1.82, 2.24) is 0 Å². The van der Waals surface area contributed by atoms with Gasteiger partial charge in [0.1, 0.15) is 29.0 Å². The summed E-state index contributed by atoms with van der Waals surface area (Å²) < 4.78 is 6.34. The van der Waals surface area contributed by atoms with E-state index in [1.54, 1.807) is 0 Å². The molecular weight excluding hydrogens is 571 g/mol. The summed E-state index contributed by atoms with van der Waals surface area (Å²) in [6.45, 7) is 7.38. The normalized spacial score (nSPS) is 34.1. The van der Waals surface area contributed by atoms with Gasteiger partial charge in [0.15, 0.2) is 0 Å². The Balaban J connectivity index is 1.10. The first-order valence-corrected chi connectivity index (χ1v) is 19.4. The molecule has 0 aromatic heterocycles. The van der Waals surface area contributed by atoms with Gasteiger partial charge in [-0.1, -0.05) is 74.9 Å². The van der Waals surface area contributed by atoms with E-state index in [0.717, 1.165) is 63.9 Å². The Morgan fingerprint density at radius 3 is 1.89 bits per heavy atom. The molecule has 3 aromatic rings. The van der Waals surface area contributed by atoms with E-state index >= 15 is 0 Å². The van der Waals surface area contributed by atoms with Gasteiger partial charge in [0, 0.05) is 18.3 Å². The van der Waals surface area contributed by atoms with Crippen LogP contribution in [-0.2, 0) is 14.3 Å². The molecule has 0 amide bonds. The highest BCUT2D eigenvalue weighted by atomic mass is 31.2. The van der Waals surface area contributed by atoms with Crippen LogP contribution in [0.4, 0.5) is 0 Å². The predicted molar refractivity (Wildman–Crippen MR) is 186 cm³/mol. The molecule has 7 rings (SSSR count). The van der Waals surface area contributed by atoms with Gasteiger partial charge in [0.2, 0.25) is 0 Å². The van der Waals surface area contributed by atoms with Crippen LogP contribution in [0, 0.1) is 33.5 Å². The van der Waals surface area contributed by atoms with Crippen LogP contribution in [0.2, 0.25) is 0 Å². The van der Waals surface area contributed by atoms with Gasteiger partial charge in [0.25, 0.3) is 0 Å². The first kappa shape index (κ1) is 30.9. The Kier molecular flexibility index (Phi) is 7.88. The summed E-state index contributed by atoms with van der Waals surface area (Å²) >= 11 is 0. The number of hydrogen-bond acceptors (Lipinski definition) is 3. The average molecular weight is 622 g/mol. The largest absolute Gasteiger partial charge is 0.465 e. The highest BCUT2D eigenvalue weighted by Crippen LogP contribution is 2.73. The van der Waals surface area contributed by atoms with Crippen LogP contribution in [0.3, 0.4) is 0 Å². The van der Waals surface area contributed by atoms with Crippen molar-refractivity contribution in [3.8, 4) is 0 Å². The number of hydrogen-bond donors (Lipinski definition) is 0. The van der Waals surface area contributed by atoms with Crippen LogP contribution in [0.25, 0.3) is 0 Å². The van der Waals surface area contributed by atoms with Crippen molar-refractivity contribution in [3.63, 3.8) is 0 Å². The van der Waals surface area contributed by atoms with Crippen LogP contribution in [-0.4, -0.2) is 24.5 Å². The Hall–Kier alpha value is -2.77. The molecule has 236 valence electrons. The summed E-state index contributed by atoms with van der Waals surface area (Å²) in [5.74, 6) is 1.39. The number of rotatable bonds is 8. The Morgan fingerprint density at radius 2 is 1.31 bits per heavy atom. The maximum absolute atomic E-state index is 14.2. The minimum atomic E-state index is -1.95. The molecule has 0 saturated heterocycles. The van der Waals surface area contributed by atoms with E-state index < -0.39 is 12.7 Å². The highest BCUT2D eigenvalue weighted by molar-refractivity contribution is 7.95. The summed E-state index contributed by atoms with van der Waals surface area (Å²) in [5.41, 5.74) is -0.294. The Morgan fingerprint density at radius 1 is 0.756 bits per heavy atom. The minimum Gasteiger partial charge on any atom is -0.465 e. The van der Waals surface area contributed by atoms with E-state index in [9.17, 15) is 9.59 Å². The zero-order valence-corrected chi connectivity index (χ0v) is 28.4. The molecule has 6 atom stereocenters. The van der Waals surface area contributed by atoms with E-state index in [0.29, 0.717) is 24.2 Å². The summed E-state index contributed by atoms with van der Waals surface area (Å²) in [5, 5.41) is 4.11. The average Bonchev–Trinajstić information content (AvgIpc) is 3.24. The monoisotopic (exact) mass is 621 g/mol. The van der Waals surface area contributed by atoms with Gasteiger partial charge in [-0.15, -0.1) is 0 Å². The standard InChI is InChI=1S/C41H50O3P/c1-38-25-21-35-39(2)23-13-24-40(3,34(39)22-26-41(35,30-38)29-36(38)42)37(43)44-27-14-28-45(31-15-7-4-8-16-31,32-17-9-5-10-18-32)33-19-11-6-12-20-33/h4-12,15-20,34-35H,13-14,21-30H2,1-3H3/q+1/t34-,35-,38-,39+,40+,41-/m0/s1. The molecule has 2 bridgehead atoms. The molecule has 4 fully saturated rings. The van der Waals surface area contributed by atoms with E-state index in [1.165, 1.54) is 22.3 Å². The van der Waals surface area contributed by atoms with Crippen LogP contribution >= 0.6 is 7.26 Å². The van der Waals surface area contributed by atoms with Crippen LogP contribution < -0.4 is 15.9 Å². The predicted octanol–water partition coefficient (Wildman–Crippen LogP) is 8.29. The highest BCUT2D eigenvalue weighted by Gasteiger charge is 2.68.